The zero-order valence-electron chi connectivity index (χ0n) is 15.6. The zero-order chi connectivity index (χ0) is 18.6. The van der Waals surface area contributed by atoms with Crippen LogP contribution in [0.15, 0.2) is 42.5 Å². The minimum Gasteiger partial charge on any atom is -0.494 e. The molecular weight excluding hydrogens is 342 g/mol. The molecule has 0 bridgehead atoms. The van der Waals surface area contributed by atoms with E-state index >= 15 is 0 Å². The van der Waals surface area contributed by atoms with Crippen LogP contribution in [0.1, 0.15) is 48.1 Å². The molecule has 1 fully saturated rings. The van der Waals surface area contributed by atoms with Crippen LogP contribution in [0.4, 0.5) is 0 Å². The number of benzene rings is 2. The van der Waals surface area contributed by atoms with E-state index in [4.69, 9.17) is 14.2 Å². The Balaban J connectivity index is 1.55. The second-order valence-electron chi connectivity index (χ2n) is 6.87. The lowest BCUT2D eigenvalue weighted by molar-refractivity contribution is 0.0735. The van der Waals surface area contributed by atoms with Gasteiger partial charge in [-0.05, 0) is 61.7 Å². The summed E-state index contributed by atoms with van der Waals surface area (Å²) in [6.45, 7) is 4.67. The topological polar surface area (TPSA) is 48.0 Å². The Labute approximate surface area is 159 Å². The number of likely N-dealkylation sites (tertiary alicyclic amines) is 1. The van der Waals surface area contributed by atoms with E-state index in [-0.39, 0.29) is 11.9 Å². The van der Waals surface area contributed by atoms with E-state index in [0.717, 1.165) is 48.6 Å². The van der Waals surface area contributed by atoms with Crippen LogP contribution in [0.25, 0.3) is 0 Å². The van der Waals surface area contributed by atoms with Crippen LogP contribution in [0.2, 0.25) is 0 Å². The summed E-state index contributed by atoms with van der Waals surface area (Å²) < 4.78 is 17.0. The van der Waals surface area contributed by atoms with Crippen molar-refractivity contribution in [2.24, 2.45) is 0 Å². The molecule has 0 aliphatic carbocycles. The number of hydrogen-bond donors (Lipinski definition) is 0. The predicted octanol–water partition coefficient (Wildman–Crippen LogP) is 4.22. The highest BCUT2D eigenvalue weighted by Gasteiger charge is 2.31. The highest BCUT2D eigenvalue weighted by atomic mass is 16.5. The maximum absolute atomic E-state index is 13.1. The SMILES string of the molecule is CCOc1ccc(C(=O)N2CCC[C@H]2c2ccc3c(c2)OCCCO3)cc1. The smallest absolute Gasteiger partial charge is 0.254 e. The fraction of sp³-hybridized carbons (Fsp3) is 0.409. The van der Waals surface area contributed by atoms with Crippen molar-refractivity contribution in [2.75, 3.05) is 26.4 Å². The molecule has 142 valence electrons. The van der Waals surface area contributed by atoms with Crippen molar-refractivity contribution >= 4 is 5.91 Å². The molecule has 27 heavy (non-hydrogen) atoms. The fourth-order valence-corrected chi connectivity index (χ4v) is 3.77. The van der Waals surface area contributed by atoms with Gasteiger partial charge < -0.3 is 19.1 Å². The minimum absolute atomic E-state index is 0.0626. The Kier molecular flexibility index (Phi) is 5.19. The molecule has 1 atom stereocenters. The van der Waals surface area contributed by atoms with Crippen LogP contribution >= 0.6 is 0 Å². The summed E-state index contributed by atoms with van der Waals surface area (Å²) in [5.74, 6) is 2.42. The van der Waals surface area contributed by atoms with E-state index in [2.05, 4.69) is 6.07 Å². The van der Waals surface area contributed by atoms with Crippen molar-refractivity contribution in [3.05, 3.63) is 53.6 Å². The quantitative estimate of drug-likeness (QED) is 0.812. The van der Waals surface area contributed by atoms with E-state index in [1.165, 1.54) is 0 Å². The molecule has 0 unspecified atom stereocenters. The number of amides is 1. The third kappa shape index (κ3) is 3.72. The Morgan fingerprint density at radius 1 is 1.07 bits per heavy atom. The van der Waals surface area contributed by atoms with E-state index in [0.29, 0.717) is 25.4 Å². The van der Waals surface area contributed by atoms with E-state index in [1.807, 2.05) is 48.2 Å². The van der Waals surface area contributed by atoms with Crippen LogP contribution in [-0.2, 0) is 0 Å². The molecule has 2 aromatic rings. The maximum atomic E-state index is 13.1. The molecular formula is C22H25NO4. The average Bonchev–Trinajstić information content (AvgIpc) is 3.07. The van der Waals surface area contributed by atoms with Crippen LogP contribution in [0.5, 0.6) is 17.2 Å². The standard InChI is InChI=1S/C22H25NO4/c1-2-25-18-9-6-16(7-10-18)22(24)23-12-3-5-19(23)17-8-11-20-21(15-17)27-14-4-13-26-20/h6-11,15,19H,2-5,12-14H2,1H3/t19-/m0/s1. The molecule has 2 aliphatic rings. The van der Waals surface area contributed by atoms with Gasteiger partial charge in [-0.3, -0.25) is 4.79 Å². The molecule has 1 amide bonds. The molecule has 2 aliphatic heterocycles. The van der Waals surface area contributed by atoms with Gasteiger partial charge in [0.1, 0.15) is 5.75 Å². The summed E-state index contributed by atoms with van der Waals surface area (Å²) >= 11 is 0. The Morgan fingerprint density at radius 3 is 2.63 bits per heavy atom. The third-order valence-electron chi connectivity index (χ3n) is 5.08. The minimum atomic E-state index is 0.0626. The first-order valence-electron chi connectivity index (χ1n) is 9.69. The number of fused-ring (bicyclic) bond motifs is 1. The van der Waals surface area contributed by atoms with Crippen molar-refractivity contribution in [3.63, 3.8) is 0 Å². The van der Waals surface area contributed by atoms with E-state index in [9.17, 15) is 4.79 Å². The van der Waals surface area contributed by atoms with Crippen LogP contribution in [0, 0.1) is 0 Å². The summed E-state index contributed by atoms with van der Waals surface area (Å²) in [4.78, 5) is 15.0. The first-order valence-corrected chi connectivity index (χ1v) is 9.69. The molecule has 5 nitrogen and oxygen atoms in total. The molecule has 0 saturated carbocycles. The largest absolute Gasteiger partial charge is 0.494 e. The van der Waals surface area contributed by atoms with E-state index in [1.54, 1.807) is 0 Å². The number of hydrogen-bond acceptors (Lipinski definition) is 4. The van der Waals surface area contributed by atoms with Crippen LogP contribution in [-0.4, -0.2) is 37.2 Å². The van der Waals surface area contributed by atoms with Gasteiger partial charge in [-0.1, -0.05) is 6.07 Å². The highest BCUT2D eigenvalue weighted by Crippen LogP contribution is 2.38. The third-order valence-corrected chi connectivity index (χ3v) is 5.08. The van der Waals surface area contributed by atoms with Crippen LogP contribution in [0.3, 0.4) is 0 Å². The first-order chi connectivity index (χ1) is 13.3. The van der Waals surface area contributed by atoms with Crippen molar-refractivity contribution in [1.82, 2.24) is 4.90 Å². The Morgan fingerprint density at radius 2 is 1.85 bits per heavy atom. The number of rotatable bonds is 4. The second-order valence-corrected chi connectivity index (χ2v) is 6.87. The van der Waals surface area contributed by atoms with Gasteiger partial charge in [-0.2, -0.15) is 0 Å². The summed E-state index contributed by atoms with van der Waals surface area (Å²) in [5.41, 5.74) is 1.80. The van der Waals surface area contributed by atoms with Crippen molar-refractivity contribution < 1.29 is 19.0 Å². The lowest BCUT2D eigenvalue weighted by Gasteiger charge is -2.26. The molecule has 4 rings (SSSR count). The summed E-state index contributed by atoms with van der Waals surface area (Å²) in [6, 6.07) is 13.5. The molecule has 2 aromatic carbocycles. The molecule has 1 saturated heterocycles. The maximum Gasteiger partial charge on any atom is 0.254 e. The molecule has 2 heterocycles. The molecule has 0 aromatic heterocycles. The van der Waals surface area contributed by atoms with Crippen LogP contribution < -0.4 is 14.2 Å². The Hall–Kier alpha value is -2.69. The van der Waals surface area contributed by atoms with Gasteiger partial charge in [0.2, 0.25) is 0 Å². The average molecular weight is 367 g/mol. The van der Waals surface area contributed by atoms with Crippen molar-refractivity contribution in [3.8, 4) is 17.2 Å². The molecule has 0 spiro atoms. The number of ether oxygens (including phenoxy) is 3. The molecule has 0 radical (unpaired) electrons. The summed E-state index contributed by atoms with van der Waals surface area (Å²) in [7, 11) is 0. The number of carbonyl (C=O) groups excluding carboxylic acids is 1. The number of nitrogens with zero attached hydrogens (tertiary/aromatic N) is 1. The van der Waals surface area contributed by atoms with Crippen molar-refractivity contribution in [1.29, 1.82) is 0 Å². The molecule has 5 heteroatoms. The van der Waals surface area contributed by atoms with Crippen molar-refractivity contribution in [2.45, 2.75) is 32.2 Å². The van der Waals surface area contributed by atoms with Gasteiger partial charge in [0, 0.05) is 18.5 Å². The fourth-order valence-electron chi connectivity index (χ4n) is 3.77. The Bertz CT molecular complexity index is 802. The van der Waals surface area contributed by atoms with Gasteiger partial charge in [0.25, 0.3) is 5.91 Å². The van der Waals surface area contributed by atoms with Gasteiger partial charge in [-0.15, -0.1) is 0 Å². The monoisotopic (exact) mass is 367 g/mol. The summed E-state index contributed by atoms with van der Waals surface area (Å²) in [6.07, 6.45) is 2.85. The lowest BCUT2D eigenvalue weighted by atomic mass is 10.0. The van der Waals surface area contributed by atoms with Gasteiger partial charge in [0.15, 0.2) is 11.5 Å². The lowest BCUT2D eigenvalue weighted by Crippen LogP contribution is -2.30. The normalized spacial score (nSPS) is 18.9. The zero-order valence-corrected chi connectivity index (χ0v) is 15.6. The van der Waals surface area contributed by atoms with Gasteiger partial charge >= 0.3 is 0 Å². The van der Waals surface area contributed by atoms with Gasteiger partial charge in [0.05, 0.1) is 25.9 Å². The second kappa shape index (κ2) is 7.91. The molecule has 0 N–H and O–H groups in total. The number of carbonyl (C=O) groups is 1. The van der Waals surface area contributed by atoms with Gasteiger partial charge in [-0.25, -0.2) is 0 Å². The predicted molar refractivity (Wildman–Crippen MR) is 103 cm³/mol. The summed E-state index contributed by atoms with van der Waals surface area (Å²) in [5, 5.41) is 0. The highest BCUT2D eigenvalue weighted by molar-refractivity contribution is 5.94. The first kappa shape index (κ1) is 17.7. The van der Waals surface area contributed by atoms with E-state index < -0.39 is 0 Å².